The third-order valence-corrected chi connectivity index (χ3v) is 3.81. The van der Waals surface area contributed by atoms with Gasteiger partial charge in [0.05, 0.1) is 13.2 Å². The first kappa shape index (κ1) is 19.5. The number of unbranched alkanes of at least 4 members (excludes halogenated alkanes) is 1. The van der Waals surface area contributed by atoms with Crippen molar-refractivity contribution in [2.45, 2.75) is 33.6 Å². The molecule has 5 heteroatoms. The number of hydrogen-bond acceptors (Lipinski definition) is 3. The first-order valence-corrected chi connectivity index (χ1v) is 8.12. The summed E-state index contributed by atoms with van der Waals surface area (Å²) in [6.07, 6.45) is 3.15. The summed E-state index contributed by atoms with van der Waals surface area (Å²) in [5.74, 6) is 1.28. The number of hydrogen-bond donors (Lipinski definition) is 0. The monoisotopic (exact) mass is 289 g/mol. The maximum Gasteiger partial charge on any atom is 0.188 e. The molecule has 0 saturated heterocycles. The minimum Gasteiger partial charge on any atom is -0.493 e. The zero-order valence-corrected chi connectivity index (χ0v) is 14.0. The topological polar surface area (TPSA) is 35.5 Å². The standard InChI is InChI=1S/C15H23O3P.Li/c1-4-7-11-19-15(16)14-12(17-5-2)9-8-10-13(14)18-6-3;/h8-10,19H,4-7,11H2,1-3H3;. The molecule has 0 aromatic heterocycles. The van der Waals surface area contributed by atoms with E-state index < -0.39 is 0 Å². The van der Waals surface area contributed by atoms with Gasteiger partial charge < -0.3 is 9.47 Å². The molecule has 1 rings (SSSR count). The van der Waals surface area contributed by atoms with Crippen molar-refractivity contribution in [1.82, 2.24) is 0 Å². The van der Waals surface area contributed by atoms with E-state index >= 15 is 0 Å². The van der Waals surface area contributed by atoms with Crippen LogP contribution in [0.15, 0.2) is 18.2 Å². The van der Waals surface area contributed by atoms with E-state index in [0.717, 1.165) is 19.0 Å². The Labute approximate surface area is 135 Å². The van der Waals surface area contributed by atoms with Crippen molar-refractivity contribution in [2.75, 3.05) is 19.4 Å². The van der Waals surface area contributed by atoms with Crippen LogP contribution >= 0.6 is 8.58 Å². The fourth-order valence-corrected chi connectivity index (χ4v) is 2.93. The van der Waals surface area contributed by atoms with Crippen molar-refractivity contribution >= 4 is 33.0 Å². The molecule has 1 aromatic rings. The maximum atomic E-state index is 12.4. The van der Waals surface area contributed by atoms with Gasteiger partial charge in [0, 0.05) is 18.9 Å². The van der Waals surface area contributed by atoms with Crippen LogP contribution in [-0.4, -0.2) is 43.8 Å². The molecule has 0 aliphatic carbocycles. The van der Waals surface area contributed by atoms with Gasteiger partial charge in [-0.3, -0.25) is 4.79 Å². The number of carbonyl (C=O) groups excluding carboxylic acids is 1. The molecule has 1 atom stereocenters. The summed E-state index contributed by atoms with van der Waals surface area (Å²) in [5.41, 5.74) is 0.751. The zero-order valence-electron chi connectivity index (χ0n) is 13.0. The fourth-order valence-electron chi connectivity index (χ4n) is 1.75. The fraction of sp³-hybridized carbons (Fsp3) is 0.533. The molecule has 0 aliphatic heterocycles. The molecule has 0 N–H and O–H groups in total. The van der Waals surface area contributed by atoms with E-state index in [1.54, 1.807) is 0 Å². The third kappa shape index (κ3) is 5.88. The summed E-state index contributed by atoms with van der Waals surface area (Å²) in [6, 6.07) is 5.54. The summed E-state index contributed by atoms with van der Waals surface area (Å²) < 4.78 is 11.1. The Bertz CT molecular complexity index is 386. The SMILES string of the molecule is CCCCPC(=O)c1c(OCC)cccc1OCC.[Li]. The number of benzene rings is 1. The van der Waals surface area contributed by atoms with Crippen molar-refractivity contribution < 1.29 is 14.3 Å². The van der Waals surface area contributed by atoms with E-state index in [9.17, 15) is 4.79 Å². The summed E-state index contributed by atoms with van der Waals surface area (Å²) in [7, 11) is 0.293. The Morgan fingerprint density at radius 3 is 2.10 bits per heavy atom. The molecule has 0 bridgehead atoms. The molecular formula is C15H23LiO3P. The van der Waals surface area contributed by atoms with E-state index in [1.165, 1.54) is 0 Å². The average Bonchev–Trinajstić information content (AvgIpc) is 2.40. The minimum atomic E-state index is 0. The van der Waals surface area contributed by atoms with Crippen LogP contribution in [0.1, 0.15) is 44.0 Å². The van der Waals surface area contributed by atoms with Gasteiger partial charge in [-0.15, -0.1) is 0 Å². The summed E-state index contributed by atoms with van der Waals surface area (Å²) in [6.45, 7) is 7.07. The molecular weight excluding hydrogens is 266 g/mol. The summed E-state index contributed by atoms with van der Waals surface area (Å²) in [4.78, 5) is 12.4. The predicted molar refractivity (Wildman–Crippen MR) is 87.0 cm³/mol. The van der Waals surface area contributed by atoms with Gasteiger partial charge in [0.2, 0.25) is 0 Å². The van der Waals surface area contributed by atoms with E-state index in [-0.39, 0.29) is 24.4 Å². The van der Waals surface area contributed by atoms with Crippen LogP contribution in [0, 0.1) is 0 Å². The quantitative estimate of drug-likeness (QED) is 0.395. The second-order valence-electron chi connectivity index (χ2n) is 4.10. The van der Waals surface area contributed by atoms with Gasteiger partial charge >= 0.3 is 0 Å². The summed E-state index contributed by atoms with van der Waals surface area (Å²) >= 11 is 0. The van der Waals surface area contributed by atoms with Crippen LogP contribution in [0.25, 0.3) is 0 Å². The van der Waals surface area contributed by atoms with Gasteiger partial charge in [-0.2, -0.15) is 0 Å². The second-order valence-corrected chi connectivity index (χ2v) is 5.41. The Hall–Kier alpha value is -0.483. The average molecular weight is 289 g/mol. The van der Waals surface area contributed by atoms with Crippen molar-refractivity contribution in [3.05, 3.63) is 23.8 Å². The molecule has 0 heterocycles. The second kappa shape index (κ2) is 11.2. The van der Waals surface area contributed by atoms with Crippen molar-refractivity contribution in [1.29, 1.82) is 0 Å². The van der Waals surface area contributed by atoms with Gasteiger partial charge in [0.1, 0.15) is 17.1 Å². The summed E-state index contributed by atoms with van der Waals surface area (Å²) in [5, 5.41) is 0. The molecule has 0 amide bonds. The molecule has 1 aromatic carbocycles. The largest absolute Gasteiger partial charge is 0.493 e. The van der Waals surface area contributed by atoms with E-state index in [0.29, 0.717) is 38.9 Å². The molecule has 1 radical (unpaired) electrons. The molecule has 0 fully saturated rings. The van der Waals surface area contributed by atoms with Crippen LogP contribution in [-0.2, 0) is 0 Å². The molecule has 0 aliphatic rings. The van der Waals surface area contributed by atoms with E-state index in [1.807, 2.05) is 32.0 Å². The molecule has 3 nitrogen and oxygen atoms in total. The van der Waals surface area contributed by atoms with E-state index in [2.05, 4.69) is 6.92 Å². The van der Waals surface area contributed by atoms with Crippen LogP contribution in [0.2, 0.25) is 0 Å². The Kier molecular flexibility index (Phi) is 10.9. The minimum absolute atomic E-state index is 0. The first-order chi connectivity index (χ1) is 9.24. The molecule has 0 spiro atoms. The first-order valence-electron chi connectivity index (χ1n) is 6.91. The van der Waals surface area contributed by atoms with Crippen molar-refractivity contribution in [3.8, 4) is 11.5 Å². The van der Waals surface area contributed by atoms with Gasteiger partial charge in [0.25, 0.3) is 0 Å². The Balaban J connectivity index is 0.00000361. The normalized spacial score (nSPS) is 10.3. The molecule has 1 unspecified atom stereocenters. The van der Waals surface area contributed by atoms with Crippen LogP contribution < -0.4 is 9.47 Å². The maximum absolute atomic E-state index is 12.4. The van der Waals surface area contributed by atoms with Crippen LogP contribution in [0.3, 0.4) is 0 Å². The zero-order chi connectivity index (χ0) is 14.1. The van der Waals surface area contributed by atoms with Gasteiger partial charge in [-0.05, 0) is 47.1 Å². The van der Waals surface area contributed by atoms with Crippen LogP contribution in [0.4, 0.5) is 0 Å². The van der Waals surface area contributed by atoms with Gasteiger partial charge in [0.15, 0.2) is 5.52 Å². The number of carbonyl (C=O) groups is 1. The van der Waals surface area contributed by atoms with E-state index in [4.69, 9.17) is 9.47 Å². The van der Waals surface area contributed by atoms with Crippen LogP contribution in [0.5, 0.6) is 11.5 Å². The number of ether oxygens (including phenoxy) is 2. The molecule has 107 valence electrons. The molecule has 0 saturated carbocycles. The Morgan fingerprint density at radius 1 is 1.10 bits per heavy atom. The van der Waals surface area contributed by atoms with Gasteiger partial charge in [-0.1, -0.05) is 19.4 Å². The van der Waals surface area contributed by atoms with Crippen molar-refractivity contribution in [3.63, 3.8) is 0 Å². The van der Waals surface area contributed by atoms with Gasteiger partial charge in [-0.25, -0.2) is 0 Å². The smallest absolute Gasteiger partial charge is 0.188 e. The third-order valence-electron chi connectivity index (χ3n) is 2.63. The predicted octanol–water partition coefficient (Wildman–Crippen LogP) is 3.72. The molecule has 20 heavy (non-hydrogen) atoms. The van der Waals surface area contributed by atoms with Crippen molar-refractivity contribution in [2.24, 2.45) is 0 Å². The Morgan fingerprint density at radius 2 is 1.65 bits per heavy atom. The number of rotatable bonds is 9.